The highest BCUT2D eigenvalue weighted by molar-refractivity contribution is 7.21. The van der Waals surface area contributed by atoms with Gasteiger partial charge in [0.15, 0.2) is 15.5 Å². The lowest BCUT2D eigenvalue weighted by molar-refractivity contribution is -0.122. The maximum Gasteiger partial charge on any atom is 0.281 e. The zero-order chi connectivity index (χ0) is 22.9. The summed E-state index contributed by atoms with van der Waals surface area (Å²) in [5, 5.41) is 3.71. The molecule has 0 bridgehead atoms. The number of nitrogens with zero attached hydrogens (tertiary/aromatic N) is 4. The molecule has 1 unspecified atom stereocenters. The number of rotatable bonds is 7. The molecule has 1 saturated heterocycles. The van der Waals surface area contributed by atoms with Crippen molar-refractivity contribution in [2.45, 2.75) is 58.3 Å². The Bertz CT molecular complexity index is 1170. The third-order valence-electron chi connectivity index (χ3n) is 5.90. The van der Waals surface area contributed by atoms with E-state index in [0.29, 0.717) is 34.4 Å². The first-order valence-electron chi connectivity index (χ1n) is 10.8. The molecule has 1 aliphatic heterocycles. The molecule has 2 aromatic heterocycles. The summed E-state index contributed by atoms with van der Waals surface area (Å²) in [6.07, 6.45) is 1.66. The van der Waals surface area contributed by atoms with Crippen molar-refractivity contribution < 1.29 is 9.53 Å². The fourth-order valence-corrected chi connectivity index (χ4v) is 4.98. The van der Waals surface area contributed by atoms with Crippen LogP contribution in [0, 0.1) is 6.92 Å². The number of methoxy groups -OCH3 is 1. The van der Waals surface area contributed by atoms with Crippen LogP contribution in [-0.2, 0) is 22.6 Å². The number of hydrogen-bond donors (Lipinski definition) is 1. The van der Waals surface area contributed by atoms with E-state index in [4.69, 9.17) is 4.74 Å². The second kappa shape index (κ2) is 8.99. The molecule has 1 amide bonds. The van der Waals surface area contributed by atoms with Gasteiger partial charge in [-0.05, 0) is 39.2 Å². The summed E-state index contributed by atoms with van der Waals surface area (Å²) in [5.74, 6) is 0.607. The van der Waals surface area contributed by atoms with Gasteiger partial charge in [-0.3, -0.25) is 14.2 Å². The molecule has 1 atom stereocenters. The first kappa shape index (κ1) is 22.4. The van der Waals surface area contributed by atoms with Gasteiger partial charge in [-0.2, -0.15) is 0 Å². The molecule has 9 heteroatoms. The zero-order valence-electron chi connectivity index (χ0n) is 18.9. The van der Waals surface area contributed by atoms with Gasteiger partial charge < -0.3 is 15.0 Å². The van der Waals surface area contributed by atoms with Crippen molar-refractivity contribution in [2.24, 2.45) is 0 Å². The Morgan fingerprint density at radius 1 is 1.28 bits per heavy atom. The van der Waals surface area contributed by atoms with Crippen LogP contribution in [0.1, 0.15) is 38.1 Å². The lowest BCUT2D eigenvalue weighted by atomic mass is 10.1. The van der Waals surface area contributed by atoms with E-state index in [-0.39, 0.29) is 17.5 Å². The summed E-state index contributed by atoms with van der Waals surface area (Å²) >= 11 is 1.37. The third kappa shape index (κ3) is 4.54. The highest BCUT2D eigenvalue weighted by Gasteiger charge is 2.33. The van der Waals surface area contributed by atoms with Crippen LogP contribution in [0.3, 0.4) is 0 Å². The molecule has 0 radical (unpaired) electrons. The van der Waals surface area contributed by atoms with E-state index in [0.717, 1.165) is 24.9 Å². The maximum absolute atomic E-state index is 13.2. The molecule has 1 aliphatic rings. The lowest BCUT2D eigenvalue weighted by Gasteiger charge is -2.24. The van der Waals surface area contributed by atoms with Crippen LogP contribution in [0.25, 0.3) is 10.3 Å². The number of amides is 1. The number of fused-ring (bicyclic) bond motifs is 1. The molecule has 3 aromatic rings. The van der Waals surface area contributed by atoms with Gasteiger partial charge in [0.1, 0.15) is 11.9 Å². The third-order valence-corrected chi connectivity index (χ3v) is 6.89. The van der Waals surface area contributed by atoms with Crippen molar-refractivity contribution >= 4 is 32.7 Å². The molecule has 1 fully saturated rings. The molecular weight excluding hydrogens is 426 g/mol. The van der Waals surface area contributed by atoms with E-state index >= 15 is 0 Å². The zero-order valence-corrected chi connectivity index (χ0v) is 19.7. The Hall–Kier alpha value is -2.78. The standard InChI is InChI=1S/C23H29N5O3S/c1-15-25-20-18(21(30)28(15)14-23(2,3)31-4)26-22(32-20)27-12-8-11-17(27)19(29)24-13-16-9-6-5-7-10-16/h5-7,9-10,17H,8,11-14H2,1-4H3,(H,24,29). The van der Waals surface area contributed by atoms with Crippen molar-refractivity contribution in [1.29, 1.82) is 0 Å². The van der Waals surface area contributed by atoms with Crippen LogP contribution in [0.15, 0.2) is 35.1 Å². The number of aromatic nitrogens is 3. The molecule has 170 valence electrons. The molecular formula is C23H29N5O3S. The molecule has 0 saturated carbocycles. The minimum absolute atomic E-state index is 0.0194. The average Bonchev–Trinajstić information content (AvgIpc) is 3.43. The van der Waals surface area contributed by atoms with E-state index in [1.165, 1.54) is 11.3 Å². The molecule has 8 nitrogen and oxygen atoms in total. The Morgan fingerprint density at radius 2 is 2.03 bits per heavy atom. The second-order valence-corrected chi connectivity index (χ2v) is 9.68. The number of ether oxygens (including phenoxy) is 1. The Kier molecular flexibility index (Phi) is 6.30. The Balaban J connectivity index is 1.57. The van der Waals surface area contributed by atoms with Crippen LogP contribution in [0.5, 0.6) is 0 Å². The van der Waals surface area contributed by atoms with Gasteiger partial charge in [-0.25, -0.2) is 9.97 Å². The fourth-order valence-electron chi connectivity index (χ4n) is 3.92. The molecule has 1 aromatic carbocycles. The largest absolute Gasteiger partial charge is 0.377 e. The molecule has 1 N–H and O–H groups in total. The first-order chi connectivity index (χ1) is 15.3. The number of aryl methyl sites for hydroxylation is 1. The summed E-state index contributed by atoms with van der Waals surface area (Å²) < 4.78 is 7.10. The van der Waals surface area contributed by atoms with Crippen molar-refractivity contribution in [3.8, 4) is 0 Å². The van der Waals surface area contributed by atoms with Gasteiger partial charge in [-0.15, -0.1) is 0 Å². The van der Waals surface area contributed by atoms with Crippen molar-refractivity contribution in [1.82, 2.24) is 19.9 Å². The van der Waals surface area contributed by atoms with Gasteiger partial charge in [0.2, 0.25) is 5.91 Å². The van der Waals surface area contributed by atoms with E-state index in [1.807, 2.05) is 56.0 Å². The predicted octanol–water partition coefficient (Wildman–Crippen LogP) is 2.87. The fraction of sp³-hybridized carbons (Fsp3) is 0.478. The SMILES string of the molecule is COC(C)(C)Cn1c(C)nc2sc(N3CCCC3C(=O)NCc3ccccc3)nc2c1=O. The Labute approximate surface area is 191 Å². The summed E-state index contributed by atoms with van der Waals surface area (Å²) in [7, 11) is 1.63. The van der Waals surface area contributed by atoms with Crippen LogP contribution >= 0.6 is 11.3 Å². The average molecular weight is 456 g/mol. The van der Waals surface area contributed by atoms with E-state index in [9.17, 15) is 9.59 Å². The van der Waals surface area contributed by atoms with Gasteiger partial charge in [0.25, 0.3) is 5.56 Å². The number of hydrogen-bond acceptors (Lipinski definition) is 7. The molecule has 0 spiro atoms. The quantitative estimate of drug-likeness (QED) is 0.589. The summed E-state index contributed by atoms with van der Waals surface area (Å²) in [5.41, 5.74) is 0.728. The van der Waals surface area contributed by atoms with Crippen molar-refractivity contribution in [3.63, 3.8) is 0 Å². The maximum atomic E-state index is 13.2. The van der Waals surface area contributed by atoms with Crippen molar-refractivity contribution in [2.75, 3.05) is 18.6 Å². The smallest absolute Gasteiger partial charge is 0.281 e. The van der Waals surface area contributed by atoms with E-state index < -0.39 is 5.60 Å². The van der Waals surface area contributed by atoms with Gasteiger partial charge in [0.05, 0.1) is 12.1 Å². The van der Waals surface area contributed by atoms with E-state index in [2.05, 4.69) is 15.3 Å². The second-order valence-electron chi connectivity index (χ2n) is 8.72. The minimum atomic E-state index is -0.500. The number of anilines is 1. The van der Waals surface area contributed by atoms with Gasteiger partial charge in [-0.1, -0.05) is 41.7 Å². The van der Waals surface area contributed by atoms with Gasteiger partial charge in [0, 0.05) is 20.2 Å². The molecule has 32 heavy (non-hydrogen) atoms. The Morgan fingerprint density at radius 3 is 2.75 bits per heavy atom. The monoisotopic (exact) mass is 455 g/mol. The summed E-state index contributed by atoms with van der Waals surface area (Å²) in [6, 6.07) is 9.56. The molecule has 3 heterocycles. The summed E-state index contributed by atoms with van der Waals surface area (Å²) in [6.45, 7) is 7.29. The number of benzene rings is 1. The van der Waals surface area contributed by atoms with E-state index in [1.54, 1.807) is 11.7 Å². The van der Waals surface area contributed by atoms with Crippen LogP contribution < -0.4 is 15.8 Å². The number of thiazole rings is 1. The normalized spacial score (nSPS) is 16.6. The van der Waals surface area contributed by atoms with Crippen LogP contribution in [-0.4, -0.2) is 45.7 Å². The highest BCUT2D eigenvalue weighted by atomic mass is 32.1. The van der Waals surface area contributed by atoms with Gasteiger partial charge >= 0.3 is 0 Å². The van der Waals surface area contributed by atoms with Crippen molar-refractivity contribution in [3.05, 3.63) is 52.1 Å². The molecule has 0 aliphatic carbocycles. The first-order valence-corrected chi connectivity index (χ1v) is 11.6. The number of carbonyl (C=O) groups is 1. The number of nitrogens with one attached hydrogen (secondary N) is 1. The van der Waals surface area contributed by atoms with Crippen LogP contribution in [0.2, 0.25) is 0 Å². The number of carbonyl (C=O) groups excluding carboxylic acids is 1. The summed E-state index contributed by atoms with van der Waals surface area (Å²) in [4.78, 5) is 37.9. The van der Waals surface area contributed by atoms with Crippen LogP contribution in [0.4, 0.5) is 5.13 Å². The topological polar surface area (TPSA) is 89.3 Å². The molecule has 4 rings (SSSR count). The minimum Gasteiger partial charge on any atom is -0.377 e. The lowest BCUT2D eigenvalue weighted by Crippen LogP contribution is -2.43. The highest BCUT2D eigenvalue weighted by Crippen LogP contribution is 2.32. The predicted molar refractivity (Wildman–Crippen MR) is 126 cm³/mol.